The molecule has 0 aliphatic carbocycles. The van der Waals surface area contributed by atoms with Crippen LogP contribution >= 0.6 is 0 Å². The largest absolute Gasteiger partial charge is 0.383 e. The van der Waals surface area contributed by atoms with Crippen molar-refractivity contribution in [2.24, 2.45) is 14.1 Å². The second-order valence-electron chi connectivity index (χ2n) is 4.66. The lowest BCUT2D eigenvalue weighted by Gasteiger charge is -2.06. The van der Waals surface area contributed by atoms with Crippen LogP contribution in [0.25, 0.3) is 11.0 Å². The van der Waals surface area contributed by atoms with Crippen molar-refractivity contribution in [1.29, 1.82) is 0 Å². The molecule has 0 bridgehead atoms. The first kappa shape index (κ1) is 13.0. The van der Waals surface area contributed by atoms with Crippen molar-refractivity contribution in [3.63, 3.8) is 0 Å². The van der Waals surface area contributed by atoms with Crippen molar-refractivity contribution in [3.05, 3.63) is 45.1 Å². The Kier molecular flexibility index (Phi) is 2.82. The molecule has 9 nitrogen and oxygen atoms in total. The SMILES string of the molecule is Cn1ccc(=O)n(Cc2nc(N)c3cnn(C)c3n2)c1=O. The van der Waals surface area contributed by atoms with Crippen LogP contribution in [0.2, 0.25) is 0 Å². The summed E-state index contributed by atoms with van der Waals surface area (Å²) in [5.74, 6) is 0.554. The molecule has 3 aromatic heterocycles. The van der Waals surface area contributed by atoms with E-state index < -0.39 is 11.2 Å². The minimum Gasteiger partial charge on any atom is -0.383 e. The number of hydrogen-bond donors (Lipinski definition) is 1. The van der Waals surface area contributed by atoms with Crippen LogP contribution < -0.4 is 17.0 Å². The Morgan fingerprint density at radius 3 is 2.76 bits per heavy atom. The van der Waals surface area contributed by atoms with E-state index in [4.69, 9.17) is 5.73 Å². The van der Waals surface area contributed by atoms with E-state index >= 15 is 0 Å². The van der Waals surface area contributed by atoms with Gasteiger partial charge in [0.2, 0.25) is 0 Å². The Hall–Kier alpha value is -2.97. The van der Waals surface area contributed by atoms with Gasteiger partial charge >= 0.3 is 5.69 Å². The maximum atomic E-state index is 12.0. The summed E-state index contributed by atoms with van der Waals surface area (Å²) in [7, 11) is 3.30. The number of anilines is 1. The lowest BCUT2D eigenvalue weighted by molar-refractivity contribution is 0.621. The molecule has 108 valence electrons. The maximum absolute atomic E-state index is 12.0. The summed E-state index contributed by atoms with van der Waals surface area (Å²) in [6.07, 6.45) is 2.99. The molecule has 3 rings (SSSR count). The van der Waals surface area contributed by atoms with E-state index in [0.29, 0.717) is 11.0 Å². The molecular weight excluding hydrogens is 274 g/mol. The summed E-state index contributed by atoms with van der Waals surface area (Å²) < 4.78 is 3.92. The molecular formula is C12H13N7O2. The number of hydrogen-bond acceptors (Lipinski definition) is 6. The van der Waals surface area contributed by atoms with Gasteiger partial charge in [0.15, 0.2) is 11.5 Å². The zero-order valence-corrected chi connectivity index (χ0v) is 11.5. The number of aryl methyl sites for hydroxylation is 2. The molecule has 0 unspecified atom stereocenters. The highest BCUT2D eigenvalue weighted by Gasteiger charge is 2.11. The van der Waals surface area contributed by atoms with Crippen molar-refractivity contribution in [2.45, 2.75) is 6.54 Å². The lowest BCUT2D eigenvalue weighted by Crippen LogP contribution is -2.38. The Balaban J connectivity index is 2.15. The first-order valence-electron chi connectivity index (χ1n) is 6.18. The van der Waals surface area contributed by atoms with E-state index in [1.165, 1.54) is 16.8 Å². The maximum Gasteiger partial charge on any atom is 0.331 e. The van der Waals surface area contributed by atoms with Crippen LogP contribution in [0.3, 0.4) is 0 Å². The summed E-state index contributed by atoms with van der Waals surface area (Å²) in [6, 6.07) is 1.31. The fourth-order valence-corrected chi connectivity index (χ4v) is 2.06. The van der Waals surface area contributed by atoms with Gasteiger partial charge in [-0.15, -0.1) is 0 Å². The molecule has 0 spiro atoms. The Labute approximate surface area is 118 Å². The lowest BCUT2D eigenvalue weighted by atomic mass is 10.4. The molecule has 0 radical (unpaired) electrons. The highest BCUT2D eigenvalue weighted by atomic mass is 16.2. The minimum absolute atomic E-state index is 0.0440. The topological polar surface area (TPSA) is 114 Å². The summed E-state index contributed by atoms with van der Waals surface area (Å²) in [5, 5.41) is 4.69. The van der Waals surface area contributed by atoms with Gasteiger partial charge in [0, 0.05) is 26.4 Å². The van der Waals surface area contributed by atoms with Crippen LogP contribution in [0.5, 0.6) is 0 Å². The van der Waals surface area contributed by atoms with Crippen LogP contribution in [0.1, 0.15) is 5.82 Å². The number of fused-ring (bicyclic) bond motifs is 1. The number of nitrogen functional groups attached to an aromatic ring is 1. The summed E-state index contributed by atoms with van der Waals surface area (Å²) in [5.41, 5.74) is 5.56. The third-order valence-corrected chi connectivity index (χ3v) is 3.21. The minimum atomic E-state index is -0.435. The van der Waals surface area contributed by atoms with Gasteiger partial charge in [-0.25, -0.2) is 14.8 Å². The van der Waals surface area contributed by atoms with E-state index in [-0.39, 0.29) is 18.2 Å². The zero-order valence-electron chi connectivity index (χ0n) is 11.5. The average molecular weight is 287 g/mol. The Morgan fingerprint density at radius 1 is 1.24 bits per heavy atom. The van der Waals surface area contributed by atoms with E-state index in [1.807, 2.05) is 0 Å². The van der Waals surface area contributed by atoms with Gasteiger partial charge in [0.1, 0.15) is 5.82 Å². The fraction of sp³-hybridized carbons (Fsp3) is 0.250. The van der Waals surface area contributed by atoms with Gasteiger partial charge < -0.3 is 10.3 Å². The third kappa shape index (κ3) is 2.08. The normalized spacial score (nSPS) is 11.1. The monoisotopic (exact) mass is 287 g/mol. The van der Waals surface area contributed by atoms with Gasteiger partial charge in [-0.05, 0) is 0 Å². The fourth-order valence-electron chi connectivity index (χ4n) is 2.06. The predicted octanol–water partition coefficient (Wildman–Crippen LogP) is -1.15. The zero-order chi connectivity index (χ0) is 15.1. The van der Waals surface area contributed by atoms with E-state index in [1.54, 1.807) is 25.0 Å². The molecule has 0 aromatic carbocycles. The number of nitrogens with two attached hydrogens (primary N) is 1. The standard InChI is InChI=1S/C12H13N7O2/c1-17-4-3-9(20)19(12(17)21)6-8-15-10(13)7-5-14-18(2)11(7)16-8/h3-5H,6H2,1-2H3,(H2,13,15,16). The Bertz CT molecular complexity index is 950. The molecule has 3 heterocycles. The van der Waals surface area contributed by atoms with Crippen molar-refractivity contribution < 1.29 is 0 Å². The first-order valence-corrected chi connectivity index (χ1v) is 6.18. The third-order valence-electron chi connectivity index (χ3n) is 3.21. The molecule has 0 atom stereocenters. The number of rotatable bonds is 2. The summed E-state index contributed by atoms with van der Waals surface area (Å²) in [6.45, 7) is -0.0440. The van der Waals surface area contributed by atoms with Gasteiger partial charge in [-0.1, -0.05) is 0 Å². The molecule has 0 aliphatic heterocycles. The smallest absolute Gasteiger partial charge is 0.331 e. The quantitative estimate of drug-likeness (QED) is 0.637. The second-order valence-corrected chi connectivity index (χ2v) is 4.66. The van der Waals surface area contributed by atoms with Crippen LogP contribution in [-0.2, 0) is 20.6 Å². The van der Waals surface area contributed by atoms with Crippen molar-refractivity contribution in [2.75, 3.05) is 5.73 Å². The summed E-state index contributed by atoms with van der Waals surface area (Å²) in [4.78, 5) is 32.2. The van der Waals surface area contributed by atoms with Crippen molar-refractivity contribution >= 4 is 16.9 Å². The van der Waals surface area contributed by atoms with Crippen LogP contribution in [0.4, 0.5) is 5.82 Å². The molecule has 0 aliphatic rings. The second kappa shape index (κ2) is 4.54. The van der Waals surface area contributed by atoms with E-state index in [0.717, 1.165) is 4.57 Å². The molecule has 21 heavy (non-hydrogen) atoms. The van der Waals surface area contributed by atoms with E-state index in [9.17, 15) is 9.59 Å². The van der Waals surface area contributed by atoms with Gasteiger partial charge in [-0.3, -0.25) is 14.0 Å². The van der Waals surface area contributed by atoms with Crippen LogP contribution in [-0.4, -0.2) is 28.9 Å². The number of nitrogens with zero attached hydrogens (tertiary/aromatic N) is 6. The van der Waals surface area contributed by atoms with Gasteiger partial charge in [0.25, 0.3) is 5.56 Å². The van der Waals surface area contributed by atoms with E-state index in [2.05, 4.69) is 15.1 Å². The molecule has 2 N–H and O–H groups in total. The van der Waals surface area contributed by atoms with Crippen LogP contribution in [0.15, 0.2) is 28.0 Å². The van der Waals surface area contributed by atoms with Crippen LogP contribution in [0, 0.1) is 0 Å². The Morgan fingerprint density at radius 2 is 2.00 bits per heavy atom. The average Bonchev–Trinajstić information content (AvgIpc) is 2.82. The molecule has 0 saturated heterocycles. The van der Waals surface area contributed by atoms with Gasteiger partial charge in [-0.2, -0.15) is 5.10 Å². The molecule has 0 amide bonds. The van der Waals surface area contributed by atoms with Gasteiger partial charge in [0.05, 0.1) is 18.1 Å². The molecule has 0 saturated carbocycles. The highest BCUT2D eigenvalue weighted by molar-refractivity contribution is 5.84. The predicted molar refractivity (Wildman–Crippen MR) is 75.8 cm³/mol. The molecule has 9 heteroatoms. The van der Waals surface area contributed by atoms with Crippen molar-refractivity contribution in [1.82, 2.24) is 28.9 Å². The summed E-state index contributed by atoms with van der Waals surface area (Å²) >= 11 is 0. The van der Waals surface area contributed by atoms with Crippen molar-refractivity contribution in [3.8, 4) is 0 Å². The molecule has 0 fully saturated rings. The first-order chi connectivity index (χ1) is 9.97. The number of aromatic nitrogens is 6. The molecule has 3 aromatic rings. The highest BCUT2D eigenvalue weighted by Crippen LogP contribution is 2.16.